The number of carbonyl (C=O) groups is 1. The van der Waals surface area contributed by atoms with Gasteiger partial charge in [0.2, 0.25) is 5.91 Å². The van der Waals surface area contributed by atoms with Crippen molar-refractivity contribution in [1.29, 1.82) is 0 Å². The molecule has 1 amide bonds. The molecule has 5 nitrogen and oxygen atoms in total. The van der Waals surface area contributed by atoms with Gasteiger partial charge in [-0.25, -0.2) is 4.98 Å². The van der Waals surface area contributed by atoms with Gasteiger partial charge in [-0.3, -0.25) is 4.79 Å². The molecule has 0 spiro atoms. The molecular weight excluding hydrogens is 308 g/mol. The molecular formula is C17H28N4OS. The largest absolute Gasteiger partial charge is 0.356 e. The molecule has 0 aliphatic carbocycles. The van der Waals surface area contributed by atoms with Gasteiger partial charge in [0, 0.05) is 37.9 Å². The summed E-state index contributed by atoms with van der Waals surface area (Å²) in [7, 11) is 0. The molecule has 2 N–H and O–H groups in total. The number of nitrogens with one attached hydrogen (secondary N) is 2. The molecule has 0 aromatic carbocycles. The van der Waals surface area contributed by atoms with Gasteiger partial charge in [0.15, 0.2) is 5.13 Å². The topological polar surface area (TPSA) is 57.3 Å². The first-order chi connectivity index (χ1) is 11.3. The molecule has 1 aromatic heterocycles. The van der Waals surface area contributed by atoms with Crippen LogP contribution in [0.2, 0.25) is 0 Å². The second-order valence-corrected chi connectivity index (χ2v) is 7.48. The number of hydrogen-bond donors (Lipinski definition) is 2. The Bertz CT molecular complexity index is 493. The molecule has 23 heavy (non-hydrogen) atoms. The van der Waals surface area contributed by atoms with Crippen molar-refractivity contribution < 1.29 is 4.79 Å². The van der Waals surface area contributed by atoms with Crippen LogP contribution in [0.4, 0.5) is 5.13 Å². The van der Waals surface area contributed by atoms with Crippen molar-refractivity contribution in [2.45, 2.75) is 44.9 Å². The van der Waals surface area contributed by atoms with Crippen LogP contribution in [-0.4, -0.2) is 43.6 Å². The molecule has 2 fully saturated rings. The molecule has 2 aliphatic heterocycles. The van der Waals surface area contributed by atoms with Crippen LogP contribution in [0.15, 0.2) is 5.38 Å². The van der Waals surface area contributed by atoms with Gasteiger partial charge >= 0.3 is 0 Å². The molecule has 0 saturated carbocycles. The normalized spacial score (nSPS) is 19.2. The Kier molecular flexibility index (Phi) is 6.28. The van der Waals surface area contributed by atoms with Gasteiger partial charge in [0.05, 0.1) is 5.69 Å². The molecule has 3 heterocycles. The summed E-state index contributed by atoms with van der Waals surface area (Å²) in [6.07, 6.45) is 7.52. The number of anilines is 1. The minimum Gasteiger partial charge on any atom is -0.356 e. The molecule has 128 valence electrons. The van der Waals surface area contributed by atoms with Crippen LogP contribution in [0, 0.1) is 5.92 Å². The summed E-state index contributed by atoms with van der Waals surface area (Å²) in [5.74, 6) is 0.919. The molecule has 0 radical (unpaired) electrons. The fraction of sp³-hybridized carbons (Fsp3) is 0.765. The highest BCUT2D eigenvalue weighted by Gasteiger charge is 2.16. The van der Waals surface area contributed by atoms with Crippen LogP contribution in [0.5, 0.6) is 0 Å². The average Bonchev–Trinajstić information content (AvgIpc) is 3.25. The summed E-state index contributed by atoms with van der Waals surface area (Å²) in [5.41, 5.74) is 1.11. The molecule has 1 aromatic rings. The quantitative estimate of drug-likeness (QED) is 0.801. The number of nitrogens with zero attached hydrogens (tertiary/aromatic N) is 2. The van der Waals surface area contributed by atoms with Crippen molar-refractivity contribution in [2.24, 2.45) is 5.92 Å². The maximum atomic E-state index is 11.9. The Morgan fingerprint density at radius 3 is 2.91 bits per heavy atom. The second-order valence-electron chi connectivity index (χ2n) is 6.65. The van der Waals surface area contributed by atoms with E-state index in [1.54, 1.807) is 11.3 Å². The second kappa shape index (κ2) is 8.64. The van der Waals surface area contributed by atoms with E-state index >= 15 is 0 Å². The van der Waals surface area contributed by atoms with Crippen LogP contribution in [0.3, 0.4) is 0 Å². The summed E-state index contributed by atoms with van der Waals surface area (Å²) in [4.78, 5) is 19.0. The number of amides is 1. The Balaban J connectivity index is 1.31. The number of rotatable bonds is 7. The van der Waals surface area contributed by atoms with Crippen molar-refractivity contribution in [1.82, 2.24) is 15.6 Å². The molecule has 2 saturated heterocycles. The first kappa shape index (κ1) is 16.7. The van der Waals surface area contributed by atoms with E-state index in [-0.39, 0.29) is 5.91 Å². The van der Waals surface area contributed by atoms with E-state index in [4.69, 9.17) is 4.98 Å². The first-order valence-corrected chi connectivity index (χ1v) is 9.86. The lowest BCUT2D eigenvalue weighted by Crippen LogP contribution is -2.30. The Labute approximate surface area is 142 Å². The van der Waals surface area contributed by atoms with E-state index in [2.05, 4.69) is 20.9 Å². The molecule has 0 unspecified atom stereocenters. The Hall–Kier alpha value is -1.14. The van der Waals surface area contributed by atoms with Crippen LogP contribution in [-0.2, 0) is 11.2 Å². The van der Waals surface area contributed by atoms with Crippen molar-refractivity contribution in [3.63, 3.8) is 0 Å². The molecule has 3 rings (SSSR count). The van der Waals surface area contributed by atoms with Crippen molar-refractivity contribution >= 4 is 22.4 Å². The van der Waals surface area contributed by atoms with E-state index in [1.807, 2.05) is 0 Å². The van der Waals surface area contributed by atoms with Crippen LogP contribution < -0.4 is 15.5 Å². The van der Waals surface area contributed by atoms with Crippen LogP contribution in [0.1, 0.15) is 44.2 Å². The lowest BCUT2D eigenvalue weighted by atomic mass is 9.93. The zero-order valence-electron chi connectivity index (χ0n) is 13.9. The SMILES string of the molecule is O=C(CCC1CCNCC1)NCCc1csc(N2CCCC2)n1. The molecule has 0 atom stereocenters. The van der Waals surface area contributed by atoms with E-state index in [0.29, 0.717) is 13.0 Å². The molecule has 2 aliphatic rings. The third-order valence-corrected chi connectivity index (χ3v) is 5.81. The summed E-state index contributed by atoms with van der Waals surface area (Å²) >= 11 is 1.73. The predicted molar refractivity (Wildman–Crippen MR) is 95.1 cm³/mol. The highest BCUT2D eigenvalue weighted by Crippen LogP contribution is 2.24. The highest BCUT2D eigenvalue weighted by atomic mass is 32.1. The standard InChI is InChI=1S/C17H28N4OS/c22-16(4-3-14-5-8-18-9-6-14)19-10-7-15-13-23-17(20-15)21-11-1-2-12-21/h13-14,18H,1-12H2,(H,19,22). The van der Waals surface area contributed by atoms with Crippen LogP contribution in [0.25, 0.3) is 0 Å². The summed E-state index contributed by atoms with van der Waals surface area (Å²) in [6, 6.07) is 0. The number of carbonyl (C=O) groups excluding carboxylic acids is 1. The minimum absolute atomic E-state index is 0.193. The van der Waals surface area contributed by atoms with Crippen molar-refractivity contribution in [3.8, 4) is 0 Å². The van der Waals surface area contributed by atoms with E-state index < -0.39 is 0 Å². The van der Waals surface area contributed by atoms with Gasteiger partial charge in [-0.1, -0.05) is 0 Å². The van der Waals surface area contributed by atoms with Gasteiger partial charge in [-0.15, -0.1) is 11.3 Å². The van der Waals surface area contributed by atoms with E-state index in [0.717, 1.165) is 55.8 Å². The fourth-order valence-corrected chi connectivity index (χ4v) is 4.30. The minimum atomic E-state index is 0.193. The lowest BCUT2D eigenvalue weighted by Gasteiger charge is -2.22. The van der Waals surface area contributed by atoms with Crippen molar-refractivity contribution in [3.05, 3.63) is 11.1 Å². The van der Waals surface area contributed by atoms with Gasteiger partial charge in [-0.2, -0.15) is 0 Å². The lowest BCUT2D eigenvalue weighted by molar-refractivity contribution is -0.121. The van der Waals surface area contributed by atoms with Gasteiger partial charge in [0.25, 0.3) is 0 Å². The van der Waals surface area contributed by atoms with Crippen molar-refractivity contribution in [2.75, 3.05) is 37.6 Å². The van der Waals surface area contributed by atoms with Gasteiger partial charge in [-0.05, 0) is 51.1 Å². The Morgan fingerprint density at radius 2 is 2.13 bits per heavy atom. The third-order valence-electron chi connectivity index (χ3n) is 4.86. The zero-order chi connectivity index (χ0) is 15.9. The Morgan fingerprint density at radius 1 is 1.35 bits per heavy atom. The van der Waals surface area contributed by atoms with E-state index in [9.17, 15) is 4.79 Å². The molecule has 6 heteroatoms. The summed E-state index contributed by atoms with van der Waals surface area (Å²) in [5, 5.41) is 9.69. The molecule has 0 bridgehead atoms. The fourth-order valence-electron chi connectivity index (χ4n) is 3.39. The number of aromatic nitrogens is 1. The monoisotopic (exact) mass is 336 g/mol. The van der Waals surface area contributed by atoms with Gasteiger partial charge < -0.3 is 15.5 Å². The smallest absolute Gasteiger partial charge is 0.220 e. The summed E-state index contributed by atoms with van der Waals surface area (Å²) in [6.45, 7) is 5.19. The maximum Gasteiger partial charge on any atom is 0.220 e. The van der Waals surface area contributed by atoms with E-state index in [1.165, 1.54) is 25.7 Å². The maximum absolute atomic E-state index is 11.9. The number of thiazole rings is 1. The highest BCUT2D eigenvalue weighted by molar-refractivity contribution is 7.13. The number of hydrogen-bond acceptors (Lipinski definition) is 5. The van der Waals surface area contributed by atoms with Gasteiger partial charge in [0.1, 0.15) is 0 Å². The number of piperidine rings is 1. The first-order valence-electron chi connectivity index (χ1n) is 8.98. The van der Waals surface area contributed by atoms with Crippen LogP contribution >= 0.6 is 11.3 Å². The summed E-state index contributed by atoms with van der Waals surface area (Å²) < 4.78 is 0. The predicted octanol–water partition coefficient (Wildman–Crippen LogP) is 2.18. The zero-order valence-corrected chi connectivity index (χ0v) is 14.7. The third kappa shape index (κ3) is 5.18. The average molecular weight is 337 g/mol.